The number of aromatic nitrogens is 2. The fraction of sp³-hybridized carbons (Fsp3) is 0.211. The lowest BCUT2D eigenvalue weighted by Crippen LogP contribution is -2.27. The van der Waals surface area contributed by atoms with Gasteiger partial charge in [-0.05, 0) is 18.6 Å². The van der Waals surface area contributed by atoms with Crippen molar-refractivity contribution in [2.75, 3.05) is 12.8 Å². The Hall–Kier alpha value is -2.40. The Labute approximate surface area is 145 Å². The molecule has 1 heterocycles. The van der Waals surface area contributed by atoms with Crippen LogP contribution in [0, 0.1) is 6.92 Å². The fourth-order valence-electron chi connectivity index (χ4n) is 2.39. The van der Waals surface area contributed by atoms with Gasteiger partial charge in [-0.3, -0.25) is 4.79 Å². The Morgan fingerprint density at radius 2 is 1.83 bits per heavy atom. The monoisotopic (exact) mass is 337 g/mol. The van der Waals surface area contributed by atoms with Crippen molar-refractivity contribution >= 4 is 28.6 Å². The summed E-state index contributed by atoms with van der Waals surface area (Å²) in [6.07, 6.45) is 1.55. The van der Waals surface area contributed by atoms with Gasteiger partial charge in [0.25, 0.3) is 0 Å². The first-order valence-corrected chi connectivity index (χ1v) is 8.74. The van der Waals surface area contributed by atoms with Crippen molar-refractivity contribution in [3.8, 4) is 0 Å². The zero-order valence-corrected chi connectivity index (χ0v) is 14.6. The van der Waals surface area contributed by atoms with E-state index in [1.54, 1.807) is 11.2 Å². The van der Waals surface area contributed by atoms with E-state index < -0.39 is 0 Å². The Kier molecular flexibility index (Phi) is 5.11. The molecule has 0 atom stereocenters. The number of amides is 1. The second kappa shape index (κ2) is 7.45. The maximum Gasteiger partial charge on any atom is 0.233 e. The number of carbonyl (C=O) groups excluding carboxylic acids is 1. The molecule has 0 aliphatic heterocycles. The topological polar surface area (TPSA) is 46.1 Å². The zero-order chi connectivity index (χ0) is 16.9. The predicted molar refractivity (Wildman–Crippen MR) is 97.9 cm³/mol. The SMILES string of the molecule is Cc1ccc(CN(C)C(=O)CSc2ncnc3ccccc23)cc1. The average molecular weight is 337 g/mol. The van der Waals surface area contributed by atoms with E-state index in [9.17, 15) is 4.79 Å². The molecule has 0 fully saturated rings. The van der Waals surface area contributed by atoms with Crippen LogP contribution in [0.25, 0.3) is 10.9 Å². The Bertz CT molecular complexity index is 843. The van der Waals surface area contributed by atoms with Crippen LogP contribution in [0.15, 0.2) is 59.9 Å². The number of hydrogen-bond donors (Lipinski definition) is 0. The summed E-state index contributed by atoms with van der Waals surface area (Å²) in [4.78, 5) is 22.7. The molecule has 0 bridgehead atoms. The summed E-state index contributed by atoms with van der Waals surface area (Å²) >= 11 is 1.46. The van der Waals surface area contributed by atoms with Crippen molar-refractivity contribution in [3.63, 3.8) is 0 Å². The highest BCUT2D eigenvalue weighted by Crippen LogP contribution is 2.24. The molecular weight excluding hydrogens is 318 g/mol. The van der Waals surface area contributed by atoms with Gasteiger partial charge in [0.1, 0.15) is 11.4 Å². The highest BCUT2D eigenvalue weighted by molar-refractivity contribution is 8.00. The first-order valence-electron chi connectivity index (χ1n) is 7.75. The van der Waals surface area contributed by atoms with Crippen molar-refractivity contribution in [2.45, 2.75) is 18.5 Å². The Morgan fingerprint density at radius 3 is 2.62 bits per heavy atom. The Balaban J connectivity index is 1.63. The van der Waals surface area contributed by atoms with Crippen LogP contribution in [0.1, 0.15) is 11.1 Å². The van der Waals surface area contributed by atoms with E-state index in [0.29, 0.717) is 12.3 Å². The average Bonchev–Trinajstić information content (AvgIpc) is 2.61. The molecule has 5 heteroatoms. The lowest BCUT2D eigenvalue weighted by Gasteiger charge is -2.17. The summed E-state index contributed by atoms with van der Waals surface area (Å²) in [7, 11) is 1.83. The maximum absolute atomic E-state index is 12.4. The number of para-hydroxylation sites is 1. The molecule has 0 N–H and O–H groups in total. The van der Waals surface area contributed by atoms with Crippen molar-refractivity contribution in [1.29, 1.82) is 0 Å². The van der Waals surface area contributed by atoms with Gasteiger partial charge in [-0.25, -0.2) is 9.97 Å². The van der Waals surface area contributed by atoms with Crippen LogP contribution in [0.3, 0.4) is 0 Å². The number of carbonyl (C=O) groups is 1. The van der Waals surface area contributed by atoms with Gasteiger partial charge < -0.3 is 4.90 Å². The van der Waals surface area contributed by atoms with Crippen molar-refractivity contribution in [3.05, 3.63) is 66.0 Å². The fourth-order valence-corrected chi connectivity index (χ4v) is 3.32. The van der Waals surface area contributed by atoms with E-state index >= 15 is 0 Å². The number of aryl methyl sites for hydroxylation is 1. The highest BCUT2D eigenvalue weighted by Gasteiger charge is 2.12. The normalized spacial score (nSPS) is 10.8. The summed E-state index contributed by atoms with van der Waals surface area (Å²) < 4.78 is 0. The van der Waals surface area contributed by atoms with E-state index in [1.165, 1.54) is 17.3 Å². The van der Waals surface area contributed by atoms with Crippen LogP contribution >= 0.6 is 11.8 Å². The number of thioether (sulfide) groups is 1. The third-order valence-electron chi connectivity index (χ3n) is 3.80. The summed E-state index contributed by atoms with van der Waals surface area (Å²) in [6.45, 7) is 2.67. The molecular formula is C19H19N3OS. The first-order chi connectivity index (χ1) is 11.6. The van der Waals surface area contributed by atoms with Crippen LogP contribution < -0.4 is 0 Å². The molecule has 3 rings (SSSR count). The van der Waals surface area contributed by atoms with E-state index in [0.717, 1.165) is 21.5 Å². The van der Waals surface area contributed by atoms with E-state index in [2.05, 4.69) is 41.2 Å². The lowest BCUT2D eigenvalue weighted by atomic mass is 10.1. The highest BCUT2D eigenvalue weighted by atomic mass is 32.2. The summed E-state index contributed by atoms with van der Waals surface area (Å²) in [6, 6.07) is 16.1. The van der Waals surface area contributed by atoms with Crippen molar-refractivity contribution in [1.82, 2.24) is 14.9 Å². The zero-order valence-electron chi connectivity index (χ0n) is 13.8. The molecule has 0 aliphatic carbocycles. The lowest BCUT2D eigenvalue weighted by molar-refractivity contribution is -0.127. The van der Waals surface area contributed by atoms with E-state index in [4.69, 9.17) is 0 Å². The maximum atomic E-state index is 12.4. The van der Waals surface area contributed by atoms with Gasteiger partial charge in [-0.15, -0.1) is 0 Å². The molecule has 0 radical (unpaired) electrons. The molecule has 24 heavy (non-hydrogen) atoms. The predicted octanol–water partition coefficient (Wildman–Crippen LogP) is 3.69. The smallest absolute Gasteiger partial charge is 0.233 e. The second-order valence-electron chi connectivity index (χ2n) is 5.72. The minimum absolute atomic E-state index is 0.0864. The van der Waals surface area contributed by atoms with Crippen molar-refractivity contribution in [2.24, 2.45) is 0 Å². The quantitative estimate of drug-likeness (QED) is 0.526. The number of hydrogen-bond acceptors (Lipinski definition) is 4. The van der Waals surface area contributed by atoms with Gasteiger partial charge in [-0.2, -0.15) is 0 Å². The summed E-state index contributed by atoms with van der Waals surface area (Å²) in [5, 5.41) is 1.83. The molecule has 0 saturated carbocycles. The minimum atomic E-state index is 0.0864. The van der Waals surface area contributed by atoms with Crippen LogP contribution in [0.5, 0.6) is 0 Å². The van der Waals surface area contributed by atoms with Gasteiger partial charge >= 0.3 is 0 Å². The molecule has 1 aromatic heterocycles. The number of benzene rings is 2. The van der Waals surface area contributed by atoms with Gasteiger partial charge in [0.2, 0.25) is 5.91 Å². The largest absolute Gasteiger partial charge is 0.341 e. The molecule has 2 aromatic carbocycles. The molecule has 122 valence electrons. The summed E-state index contributed by atoms with van der Waals surface area (Å²) in [5.74, 6) is 0.451. The third-order valence-corrected chi connectivity index (χ3v) is 4.79. The Morgan fingerprint density at radius 1 is 1.08 bits per heavy atom. The van der Waals surface area contributed by atoms with Gasteiger partial charge in [0.05, 0.1) is 11.3 Å². The van der Waals surface area contributed by atoms with Gasteiger partial charge in [-0.1, -0.05) is 59.8 Å². The van der Waals surface area contributed by atoms with Gasteiger partial charge in [0.15, 0.2) is 0 Å². The van der Waals surface area contributed by atoms with Crippen molar-refractivity contribution < 1.29 is 4.79 Å². The van der Waals surface area contributed by atoms with Crippen LogP contribution in [0.2, 0.25) is 0 Å². The number of rotatable bonds is 5. The number of fused-ring (bicyclic) bond motifs is 1. The molecule has 0 aliphatic rings. The van der Waals surface area contributed by atoms with Crippen LogP contribution in [-0.2, 0) is 11.3 Å². The molecule has 1 amide bonds. The van der Waals surface area contributed by atoms with E-state index in [-0.39, 0.29) is 5.91 Å². The minimum Gasteiger partial charge on any atom is -0.341 e. The molecule has 0 unspecified atom stereocenters. The molecule has 3 aromatic rings. The summed E-state index contributed by atoms with van der Waals surface area (Å²) in [5.41, 5.74) is 3.25. The first kappa shape index (κ1) is 16.5. The van der Waals surface area contributed by atoms with Gasteiger partial charge in [0, 0.05) is 19.0 Å². The standard InChI is InChI=1S/C19H19N3OS/c1-14-7-9-15(10-8-14)11-22(2)18(23)12-24-19-16-5-3-4-6-17(16)20-13-21-19/h3-10,13H,11-12H2,1-2H3. The van der Waals surface area contributed by atoms with Crippen LogP contribution in [-0.4, -0.2) is 33.6 Å². The molecule has 4 nitrogen and oxygen atoms in total. The molecule has 0 saturated heterocycles. The second-order valence-corrected chi connectivity index (χ2v) is 6.68. The number of nitrogens with zero attached hydrogens (tertiary/aromatic N) is 3. The third kappa shape index (κ3) is 3.92. The van der Waals surface area contributed by atoms with Crippen LogP contribution in [0.4, 0.5) is 0 Å². The molecule has 0 spiro atoms. The van der Waals surface area contributed by atoms with E-state index in [1.807, 2.05) is 31.3 Å².